The van der Waals surface area contributed by atoms with Crippen LogP contribution in [0.4, 0.5) is 0 Å². The summed E-state index contributed by atoms with van der Waals surface area (Å²) in [7, 11) is 0. The first-order chi connectivity index (χ1) is 12.1. The number of carbonyl (C=O) groups is 3. The number of benzene rings is 1. The molecule has 1 aliphatic rings. The first-order valence-electron chi connectivity index (χ1n) is 8.84. The van der Waals surface area contributed by atoms with Gasteiger partial charge in [-0.1, -0.05) is 18.6 Å². The molecule has 1 aromatic rings. The third-order valence-corrected chi connectivity index (χ3v) is 4.21. The van der Waals surface area contributed by atoms with E-state index in [1.807, 2.05) is 4.90 Å². The molecule has 25 heavy (non-hydrogen) atoms. The fourth-order valence-corrected chi connectivity index (χ4v) is 2.78. The summed E-state index contributed by atoms with van der Waals surface area (Å²) in [6, 6.07) is 6.77. The molecule has 0 aliphatic carbocycles. The van der Waals surface area contributed by atoms with Crippen LogP contribution in [-0.2, 0) is 9.59 Å². The second-order valence-electron chi connectivity index (χ2n) is 6.27. The Morgan fingerprint density at radius 3 is 2.88 bits per heavy atom. The molecule has 1 saturated heterocycles. The smallest absolute Gasteiger partial charge is 0.257 e. The minimum Gasteiger partial charge on any atom is -0.484 e. The van der Waals surface area contributed by atoms with E-state index in [9.17, 15) is 14.4 Å². The lowest BCUT2D eigenvalue weighted by Crippen LogP contribution is -2.35. The predicted octanol–water partition coefficient (Wildman–Crippen LogP) is 2.18. The van der Waals surface area contributed by atoms with Crippen LogP contribution in [0.5, 0.6) is 5.75 Å². The van der Waals surface area contributed by atoms with Crippen molar-refractivity contribution in [2.75, 3.05) is 26.2 Å². The zero-order chi connectivity index (χ0) is 18.1. The van der Waals surface area contributed by atoms with Gasteiger partial charge in [-0.3, -0.25) is 14.4 Å². The average Bonchev–Trinajstić information content (AvgIpc) is 2.81. The first-order valence-corrected chi connectivity index (χ1v) is 8.84. The molecular weight excluding hydrogens is 320 g/mol. The highest BCUT2D eigenvalue weighted by atomic mass is 16.5. The summed E-state index contributed by atoms with van der Waals surface area (Å²) in [4.78, 5) is 36.9. The summed E-state index contributed by atoms with van der Waals surface area (Å²) in [5.41, 5.74) is 0.556. The minimum absolute atomic E-state index is 0.0436. The maximum absolute atomic E-state index is 11.9. The van der Waals surface area contributed by atoms with Crippen LogP contribution in [0, 0.1) is 0 Å². The molecule has 0 atom stereocenters. The van der Waals surface area contributed by atoms with E-state index in [0.717, 1.165) is 32.2 Å². The second kappa shape index (κ2) is 9.81. The molecule has 0 radical (unpaired) electrons. The van der Waals surface area contributed by atoms with Gasteiger partial charge in [-0.05, 0) is 38.3 Å². The molecule has 0 spiro atoms. The monoisotopic (exact) mass is 346 g/mol. The number of ketones is 1. The number of ether oxygens (including phenoxy) is 1. The number of rotatable bonds is 8. The van der Waals surface area contributed by atoms with Crippen LogP contribution in [-0.4, -0.2) is 48.7 Å². The molecule has 0 unspecified atom stereocenters. The topological polar surface area (TPSA) is 75.7 Å². The van der Waals surface area contributed by atoms with E-state index in [1.54, 1.807) is 24.3 Å². The van der Waals surface area contributed by atoms with Crippen LogP contribution in [0.15, 0.2) is 24.3 Å². The van der Waals surface area contributed by atoms with E-state index >= 15 is 0 Å². The maximum atomic E-state index is 11.9. The van der Waals surface area contributed by atoms with E-state index in [1.165, 1.54) is 6.92 Å². The Morgan fingerprint density at radius 1 is 1.24 bits per heavy atom. The number of hydrogen-bond acceptors (Lipinski definition) is 4. The van der Waals surface area contributed by atoms with Crippen molar-refractivity contribution in [3.8, 4) is 5.75 Å². The van der Waals surface area contributed by atoms with Crippen molar-refractivity contribution in [2.24, 2.45) is 0 Å². The van der Waals surface area contributed by atoms with Crippen LogP contribution in [0.1, 0.15) is 49.4 Å². The Bertz CT molecular complexity index is 615. The Morgan fingerprint density at radius 2 is 2.08 bits per heavy atom. The summed E-state index contributed by atoms with van der Waals surface area (Å²) in [5, 5.41) is 2.79. The molecule has 1 heterocycles. The Labute approximate surface area is 148 Å². The molecule has 136 valence electrons. The van der Waals surface area contributed by atoms with Crippen molar-refractivity contribution in [1.82, 2.24) is 10.2 Å². The fourth-order valence-electron chi connectivity index (χ4n) is 2.78. The van der Waals surface area contributed by atoms with Crippen LogP contribution in [0.3, 0.4) is 0 Å². The standard InChI is InChI=1S/C19H26N2O4/c1-15(22)16-7-5-8-17(13-16)25-14-18(23)20-10-6-12-21-11-4-2-3-9-19(21)24/h5,7-8,13H,2-4,6,9-12,14H2,1H3,(H,20,23). The molecule has 0 bridgehead atoms. The molecular formula is C19H26N2O4. The van der Waals surface area contributed by atoms with Gasteiger partial charge < -0.3 is 15.0 Å². The van der Waals surface area contributed by atoms with Gasteiger partial charge in [0.1, 0.15) is 5.75 Å². The van der Waals surface area contributed by atoms with Crippen LogP contribution in [0.25, 0.3) is 0 Å². The van der Waals surface area contributed by atoms with Crippen molar-refractivity contribution in [1.29, 1.82) is 0 Å². The van der Waals surface area contributed by atoms with Crippen molar-refractivity contribution in [3.63, 3.8) is 0 Å². The quantitative estimate of drug-likeness (QED) is 0.578. The van der Waals surface area contributed by atoms with Gasteiger partial charge in [0.15, 0.2) is 12.4 Å². The highest BCUT2D eigenvalue weighted by Gasteiger charge is 2.15. The molecule has 6 heteroatoms. The molecule has 1 fully saturated rings. The molecule has 1 N–H and O–H groups in total. The van der Waals surface area contributed by atoms with Gasteiger partial charge >= 0.3 is 0 Å². The lowest BCUT2D eigenvalue weighted by Gasteiger charge is -2.20. The lowest BCUT2D eigenvalue weighted by molar-refractivity contribution is -0.130. The fraction of sp³-hybridized carbons (Fsp3) is 0.526. The summed E-state index contributed by atoms with van der Waals surface area (Å²) in [6.45, 7) is 3.41. The van der Waals surface area contributed by atoms with Gasteiger partial charge in [0, 0.05) is 31.6 Å². The zero-order valence-corrected chi connectivity index (χ0v) is 14.8. The van der Waals surface area contributed by atoms with Gasteiger partial charge in [0.25, 0.3) is 5.91 Å². The Balaban J connectivity index is 1.64. The minimum atomic E-state index is -0.213. The number of nitrogens with one attached hydrogen (secondary N) is 1. The number of amides is 2. The van der Waals surface area contributed by atoms with Gasteiger partial charge in [0.05, 0.1) is 0 Å². The van der Waals surface area contributed by atoms with Crippen LogP contribution >= 0.6 is 0 Å². The molecule has 6 nitrogen and oxygen atoms in total. The average molecular weight is 346 g/mol. The van der Waals surface area contributed by atoms with E-state index in [-0.39, 0.29) is 24.2 Å². The Kier molecular flexibility index (Phi) is 7.44. The van der Waals surface area contributed by atoms with Crippen molar-refractivity contribution in [3.05, 3.63) is 29.8 Å². The highest BCUT2D eigenvalue weighted by Crippen LogP contribution is 2.13. The number of nitrogens with zero attached hydrogens (tertiary/aromatic N) is 1. The third kappa shape index (κ3) is 6.57. The molecule has 2 rings (SSSR count). The lowest BCUT2D eigenvalue weighted by atomic mass is 10.1. The third-order valence-electron chi connectivity index (χ3n) is 4.21. The first kappa shape index (κ1) is 19.0. The predicted molar refractivity (Wildman–Crippen MR) is 94.6 cm³/mol. The van der Waals surface area contributed by atoms with E-state index < -0.39 is 0 Å². The Hall–Kier alpha value is -2.37. The SMILES string of the molecule is CC(=O)c1cccc(OCC(=O)NCCCN2CCCCCC2=O)c1. The molecule has 1 aliphatic heterocycles. The molecule has 2 amide bonds. The largest absolute Gasteiger partial charge is 0.484 e. The number of Topliss-reactive ketones (excluding diaryl/α,β-unsaturated/α-hetero) is 1. The van der Waals surface area contributed by atoms with Gasteiger partial charge in [-0.2, -0.15) is 0 Å². The van der Waals surface area contributed by atoms with Crippen molar-refractivity contribution >= 4 is 17.6 Å². The van der Waals surface area contributed by atoms with E-state index in [2.05, 4.69) is 5.32 Å². The number of carbonyl (C=O) groups excluding carboxylic acids is 3. The number of likely N-dealkylation sites (tertiary alicyclic amines) is 1. The van der Waals surface area contributed by atoms with Crippen molar-refractivity contribution < 1.29 is 19.1 Å². The maximum Gasteiger partial charge on any atom is 0.257 e. The summed E-state index contributed by atoms with van der Waals surface area (Å²) in [5.74, 6) is 0.462. The van der Waals surface area contributed by atoms with Gasteiger partial charge in [-0.25, -0.2) is 0 Å². The normalized spacial score (nSPS) is 14.8. The summed E-state index contributed by atoms with van der Waals surface area (Å²) in [6.07, 6.45) is 4.53. The molecule has 0 saturated carbocycles. The second-order valence-corrected chi connectivity index (χ2v) is 6.27. The van der Waals surface area contributed by atoms with E-state index in [0.29, 0.717) is 30.8 Å². The summed E-state index contributed by atoms with van der Waals surface area (Å²) >= 11 is 0. The van der Waals surface area contributed by atoms with Crippen LogP contribution in [0.2, 0.25) is 0 Å². The van der Waals surface area contributed by atoms with Crippen molar-refractivity contribution in [2.45, 2.75) is 39.0 Å². The number of hydrogen-bond donors (Lipinski definition) is 1. The molecule has 0 aromatic heterocycles. The summed E-state index contributed by atoms with van der Waals surface area (Å²) < 4.78 is 5.41. The van der Waals surface area contributed by atoms with Gasteiger partial charge in [0.2, 0.25) is 5.91 Å². The van der Waals surface area contributed by atoms with E-state index in [4.69, 9.17) is 4.74 Å². The zero-order valence-electron chi connectivity index (χ0n) is 14.8. The highest BCUT2D eigenvalue weighted by molar-refractivity contribution is 5.94. The molecule has 1 aromatic carbocycles. The van der Waals surface area contributed by atoms with Crippen LogP contribution < -0.4 is 10.1 Å². The van der Waals surface area contributed by atoms with Gasteiger partial charge in [-0.15, -0.1) is 0 Å².